The van der Waals surface area contributed by atoms with E-state index in [4.69, 9.17) is 9.47 Å². The van der Waals surface area contributed by atoms with E-state index in [2.05, 4.69) is 37.4 Å². The van der Waals surface area contributed by atoms with Crippen LogP contribution in [0.5, 0.6) is 5.75 Å². The van der Waals surface area contributed by atoms with Crippen molar-refractivity contribution in [2.45, 2.75) is 57.1 Å². The summed E-state index contributed by atoms with van der Waals surface area (Å²) >= 11 is 0. The normalized spacial score (nSPS) is 24.9. The first-order chi connectivity index (χ1) is 13.5. The topological polar surface area (TPSA) is 35.1 Å². The fourth-order valence-corrected chi connectivity index (χ4v) is 4.50. The van der Waals surface area contributed by atoms with Gasteiger partial charge < -0.3 is 14.8 Å². The van der Waals surface area contributed by atoms with Crippen molar-refractivity contribution in [3.63, 3.8) is 0 Å². The van der Waals surface area contributed by atoms with Gasteiger partial charge in [-0.3, -0.25) is 0 Å². The summed E-state index contributed by atoms with van der Waals surface area (Å²) in [5, 5.41) is 2.32. The molecule has 1 saturated heterocycles. The van der Waals surface area contributed by atoms with E-state index in [1.165, 1.54) is 17.7 Å². The first kappa shape index (κ1) is 20.8. The largest absolute Gasteiger partial charge is 0.496 e. The third-order valence-corrected chi connectivity index (χ3v) is 6.29. The summed E-state index contributed by atoms with van der Waals surface area (Å²) in [6.45, 7) is 7.09. The molecule has 0 amide bonds. The minimum absolute atomic E-state index is 0.0505. The smallest absolute Gasteiger partial charge is 0.123 e. The third kappa shape index (κ3) is 4.73. The SMILES string of the molecule is CC[C@@]1(C)C[C@@](CC[NH2+]Cc2ccc(F)cc2)(c2ccccc2OC)CCO1. The molecule has 0 radical (unpaired) electrons. The van der Waals surface area contributed by atoms with Gasteiger partial charge in [0.1, 0.15) is 18.1 Å². The molecule has 0 aliphatic carbocycles. The molecule has 152 valence electrons. The molecular weight excluding hydrogens is 353 g/mol. The number of hydrogen-bond donors (Lipinski definition) is 1. The van der Waals surface area contributed by atoms with Gasteiger partial charge in [-0.05, 0) is 44.4 Å². The number of methoxy groups -OCH3 is 1. The molecule has 2 N–H and O–H groups in total. The number of hydrogen-bond acceptors (Lipinski definition) is 2. The van der Waals surface area contributed by atoms with Crippen molar-refractivity contribution in [3.8, 4) is 5.75 Å². The zero-order chi connectivity index (χ0) is 20.0. The number of para-hydroxylation sites is 1. The minimum Gasteiger partial charge on any atom is -0.496 e. The summed E-state index contributed by atoms with van der Waals surface area (Å²) < 4.78 is 25.0. The van der Waals surface area contributed by atoms with Crippen molar-refractivity contribution in [3.05, 3.63) is 65.5 Å². The number of quaternary nitrogens is 1. The molecule has 2 atom stereocenters. The van der Waals surface area contributed by atoms with Crippen molar-refractivity contribution in [2.24, 2.45) is 0 Å². The summed E-state index contributed by atoms with van der Waals surface area (Å²) in [5.41, 5.74) is 2.40. The van der Waals surface area contributed by atoms with Gasteiger partial charge in [0.25, 0.3) is 0 Å². The second-order valence-corrected chi connectivity index (χ2v) is 8.22. The van der Waals surface area contributed by atoms with Gasteiger partial charge in [0, 0.05) is 29.6 Å². The highest BCUT2D eigenvalue weighted by Crippen LogP contribution is 2.47. The Balaban J connectivity index is 1.76. The van der Waals surface area contributed by atoms with Crippen molar-refractivity contribution in [1.82, 2.24) is 0 Å². The first-order valence-electron chi connectivity index (χ1n) is 10.3. The molecule has 1 aliphatic heterocycles. The first-order valence-corrected chi connectivity index (χ1v) is 10.3. The van der Waals surface area contributed by atoms with Crippen LogP contribution in [0.3, 0.4) is 0 Å². The molecule has 0 unspecified atom stereocenters. The third-order valence-electron chi connectivity index (χ3n) is 6.29. The van der Waals surface area contributed by atoms with Gasteiger partial charge in [0.2, 0.25) is 0 Å². The number of benzene rings is 2. The summed E-state index contributed by atoms with van der Waals surface area (Å²) in [7, 11) is 1.76. The van der Waals surface area contributed by atoms with Crippen LogP contribution in [0.4, 0.5) is 4.39 Å². The second kappa shape index (κ2) is 9.06. The Morgan fingerprint density at radius 2 is 1.89 bits per heavy atom. The van der Waals surface area contributed by atoms with E-state index < -0.39 is 0 Å². The van der Waals surface area contributed by atoms with Crippen molar-refractivity contribution in [1.29, 1.82) is 0 Å². The lowest BCUT2D eigenvalue weighted by Gasteiger charge is -2.46. The van der Waals surface area contributed by atoms with Crippen LogP contribution < -0.4 is 10.1 Å². The highest BCUT2D eigenvalue weighted by atomic mass is 19.1. The number of halogens is 1. The van der Waals surface area contributed by atoms with Crippen molar-refractivity contribution in [2.75, 3.05) is 20.3 Å². The monoisotopic (exact) mass is 386 g/mol. The Labute approximate surface area is 168 Å². The highest BCUT2D eigenvalue weighted by Gasteiger charge is 2.44. The lowest BCUT2D eigenvalue weighted by atomic mass is 9.66. The van der Waals surface area contributed by atoms with Crippen LogP contribution >= 0.6 is 0 Å². The van der Waals surface area contributed by atoms with E-state index in [-0.39, 0.29) is 16.8 Å². The molecule has 0 bridgehead atoms. The van der Waals surface area contributed by atoms with Gasteiger partial charge in [-0.25, -0.2) is 4.39 Å². The Kier molecular flexibility index (Phi) is 6.73. The van der Waals surface area contributed by atoms with Crippen molar-refractivity contribution < 1.29 is 19.2 Å². The van der Waals surface area contributed by atoms with Crippen LogP contribution in [0, 0.1) is 5.82 Å². The average molecular weight is 387 g/mol. The number of nitrogens with two attached hydrogens (primary N) is 1. The Hall–Kier alpha value is -1.91. The average Bonchev–Trinajstić information content (AvgIpc) is 2.72. The molecule has 4 heteroatoms. The molecule has 2 aromatic carbocycles. The van der Waals surface area contributed by atoms with Gasteiger partial charge in [0.05, 0.1) is 19.3 Å². The molecule has 1 fully saturated rings. The zero-order valence-electron chi connectivity index (χ0n) is 17.3. The van der Waals surface area contributed by atoms with Crippen LogP contribution in [0.2, 0.25) is 0 Å². The predicted octanol–water partition coefficient (Wildman–Crippen LogP) is 4.20. The summed E-state index contributed by atoms with van der Waals surface area (Å²) in [6, 6.07) is 15.2. The molecule has 3 rings (SSSR count). The quantitative estimate of drug-likeness (QED) is 0.690. The maximum atomic E-state index is 13.1. The van der Waals surface area contributed by atoms with Gasteiger partial charge >= 0.3 is 0 Å². The molecular formula is C24H33FNO2+. The molecule has 2 aromatic rings. The summed E-state index contributed by atoms with van der Waals surface area (Å²) in [6.07, 6.45) is 4.07. The Morgan fingerprint density at radius 1 is 1.14 bits per heavy atom. The molecule has 1 heterocycles. The molecule has 28 heavy (non-hydrogen) atoms. The van der Waals surface area contributed by atoms with Gasteiger partial charge in [-0.15, -0.1) is 0 Å². The van der Waals surface area contributed by atoms with Gasteiger partial charge in [0.15, 0.2) is 0 Å². The Morgan fingerprint density at radius 3 is 2.61 bits per heavy atom. The van der Waals surface area contributed by atoms with Crippen LogP contribution in [0.1, 0.15) is 50.7 Å². The molecule has 0 saturated carbocycles. The van der Waals surface area contributed by atoms with Crippen LogP contribution in [-0.4, -0.2) is 25.9 Å². The Bertz CT molecular complexity index is 763. The number of ether oxygens (including phenoxy) is 2. The van der Waals surface area contributed by atoms with E-state index in [1.54, 1.807) is 7.11 Å². The maximum absolute atomic E-state index is 13.1. The maximum Gasteiger partial charge on any atom is 0.123 e. The van der Waals surface area contributed by atoms with Crippen LogP contribution in [0.15, 0.2) is 48.5 Å². The van der Waals surface area contributed by atoms with E-state index in [1.807, 2.05) is 18.2 Å². The van der Waals surface area contributed by atoms with E-state index in [0.717, 1.165) is 56.7 Å². The fraction of sp³-hybridized carbons (Fsp3) is 0.500. The molecule has 0 spiro atoms. The molecule has 0 aromatic heterocycles. The highest BCUT2D eigenvalue weighted by molar-refractivity contribution is 5.40. The minimum atomic E-state index is -0.181. The standard InChI is InChI=1S/C24H32FNO2/c1-4-23(2)18-24(14-16-28-23,21-7-5-6-8-22(21)27-3)13-15-26-17-19-9-11-20(25)12-10-19/h5-12,26H,4,13-18H2,1-3H3/p+1/t23-,24-/m0/s1. The molecule has 1 aliphatic rings. The zero-order valence-corrected chi connectivity index (χ0v) is 17.3. The fourth-order valence-electron chi connectivity index (χ4n) is 4.50. The number of rotatable bonds is 8. The van der Waals surface area contributed by atoms with E-state index in [9.17, 15) is 4.39 Å². The summed E-state index contributed by atoms with van der Waals surface area (Å²) in [5.74, 6) is 0.793. The van der Waals surface area contributed by atoms with Crippen LogP contribution in [-0.2, 0) is 16.7 Å². The van der Waals surface area contributed by atoms with E-state index >= 15 is 0 Å². The predicted molar refractivity (Wildman–Crippen MR) is 110 cm³/mol. The lowest BCUT2D eigenvalue weighted by molar-refractivity contribution is -0.672. The van der Waals surface area contributed by atoms with Gasteiger partial charge in [-0.2, -0.15) is 0 Å². The van der Waals surface area contributed by atoms with Crippen molar-refractivity contribution >= 4 is 0 Å². The van der Waals surface area contributed by atoms with Crippen LogP contribution in [0.25, 0.3) is 0 Å². The van der Waals surface area contributed by atoms with Gasteiger partial charge in [-0.1, -0.05) is 37.3 Å². The summed E-state index contributed by atoms with van der Waals surface area (Å²) in [4.78, 5) is 0. The lowest BCUT2D eigenvalue weighted by Crippen LogP contribution is -2.83. The van der Waals surface area contributed by atoms with E-state index in [0.29, 0.717) is 0 Å². The molecule has 3 nitrogen and oxygen atoms in total. The second-order valence-electron chi connectivity index (χ2n) is 8.22.